The summed E-state index contributed by atoms with van der Waals surface area (Å²) < 4.78 is 5.78. The molecule has 0 bridgehead atoms. The van der Waals surface area contributed by atoms with Gasteiger partial charge < -0.3 is 15.0 Å². The van der Waals surface area contributed by atoms with Crippen molar-refractivity contribution in [3.05, 3.63) is 70.8 Å². The molecule has 4 rings (SSSR count). The van der Waals surface area contributed by atoms with Crippen LogP contribution in [0.3, 0.4) is 0 Å². The van der Waals surface area contributed by atoms with Crippen LogP contribution >= 0.6 is 0 Å². The smallest absolute Gasteiger partial charge is 0.410 e. The fourth-order valence-electron chi connectivity index (χ4n) is 5.00. The van der Waals surface area contributed by atoms with Gasteiger partial charge in [0.25, 0.3) is 0 Å². The van der Waals surface area contributed by atoms with Crippen molar-refractivity contribution in [3.8, 4) is 0 Å². The van der Waals surface area contributed by atoms with Gasteiger partial charge in [-0.2, -0.15) is 0 Å². The number of ether oxygens (including phenoxy) is 1. The van der Waals surface area contributed by atoms with Gasteiger partial charge in [-0.1, -0.05) is 59.7 Å². The molecule has 2 atom stereocenters. The SMILES string of the molecule is Cc1ccc(C(c2ccc(C)cc2)[C@@H]2CN(C(=O)OC(C)(C)C)C[C@@H]3CNCCN32)cc1. The van der Waals surface area contributed by atoms with E-state index in [1.54, 1.807) is 0 Å². The molecule has 2 fully saturated rings. The zero-order chi connectivity index (χ0) is 22.9. The van der Waals surface area contributed by atoms with Gasteiger partial charge in [0.15, 0.2) is 0 Å². The second-order valence-electron chi connectivity index (χ2n) is 10.3. The van der Waals surface area contributed by atoms with Gasteiger partial charge in [0.05, 0.1) is 0 Å². The molecule has 2 aliphatic heterocycles. The second kappa shape index (κ2) is 9.24. The minimum Gasteiger partial charge on any atom is -0.444 e. The first kappa shape index (κ1) is 22.8. The van der Waals surface area contributed by atoms with Gasteiger partial charge >= 0.3 is 6.09 Å². The zero-order valence-electron chi connectivity index (χ0n) is 20.1. The lowest BCUT2D eigenvalue weighted by Gasteiger charge is -2.51. The average Bonchev–Trinajstić information content (AvgIpc) is 2.75. The van der Waals surface area contributed by atoms with Crippen molar-refractivity contribution in [2.45, 2.75) is 58.2 Å². The third-order valence-corrected chi connectivity index (χ3v) is 6.57. The van der Waals surface area contributed by atoms with Crippen molar-refractivity contribution in [1.29, 1.82) is 0 Å². The van der Waals surface area contributed by atoms with Crippen molar-refractivity contribution >= 4 is 6.09 Å². The zero-order valence-corrected chi connectivity index (χ0v) is 20.1. The van der Waals surface area contributed by atoms with Crippen molar-refractivity contribution in [1.82, 2.24) is 15.1 Å². The lowest BCUT2D eigenvalue weighted by molar-refractivity contribution is -0.0228. The Hall–Kier alpha value is -2.37. The van der Waals surface area contributed by atoms with Crippen LogP contribution in [0.5, 0.6) is 0 Å². The summed E-state index contributed by atoms with van der Waals surface area (Å²) in [6, 6.07) is 18.3. The molecular weight excluding hydrogens is 398 g/mol. The van der Waals surface area contributed by atoms with Crippen LogP contribution in [0, 0.1) is 13.8 Å². The first-order valence-corrected chi connectivity index (χ1v) is 11.8. The molecule has 172 valence electrons. The lowest BCUT2D eigenvalue weighted by Crippen LogP contribution is -2.67. The highest BCUT2D eigenvalue weighted by Crippen LogP contribution is 2.35. The lowest BCUT2D eigenvalue weighted by atomic mass is 9.81. The van der Waals surface area contributed by atoms with Gasteiger partial charge in [-0.3, -0.25) is 4.90 Å². The maximum Gasteiger partial charge on any atom is 0.410 e. The molecule has 0 unspecified atom stereocenters. The van der Waals surface area contributed by atoms with E-state index in [0.29, 0.717) is 13.1 Å². The Bertz CT molecular complexity index is 872. The average molecular weight is 436 g/mol. The summed E-state index contributed by atoms with van der Waals surface area (Å²) in [5.74, 6) is 0.182. The molecule has 32 heavy (non-hydrogen) atoms. The number of hydrogen-bond donors (Lipinski definition) is 1. The summed E-state index contributed by atoms with van der Waals surface area (Å²) >= 11 is 0. The maximum atomic E-state index is 13.1. The number of carbonyl (C=O) groups excluding carboxylic acids is 1. The van der Waals surface area contributed by atoms with E-state index in [9.17, 15) is 4.79 Å². The summed E-state index contributed by atoms with van der Waals surface area (Å²) in [6.45, 7) is 14.3. The van der Waals surface area contributed by atoms with E-state index in [4.69, 9.17) is 4.74 Å². The number of nitrogens with zero attached hydrogens (tertiary/aromatic N) is 2. The molecule has 2 aromatic rings. The number of hydrogen-bond acceptors (Lipinski definition) is 4. The topological polar surface area (TPSA) is 44.8 Å². The summed E-state index contributed by atoms with van der Waals surface area (Å²) in [5, 5.41) is 3.53. The molecule has 2 aromatic carbocycles. The van der Waals surface area contributed by atoms with E-state index in [1.807, 2.05) is 25.7 Å². The van der Waals surface area contributed by atoms with Crippen LogP contribution < -0.4 is 5.32 Å². The Kier molecular flexibility index (Phi) is 6.59. The fraction of sp³-hybridized carbons (Fsp3) is 0.519. The fourth-order valence-corrected chi connectivity index (χ4v) is 5.00. The van der Waals surface area contributed by atoms with Crippen LogP contribution in [0.4, 0.5) is 4.79 Å². The highest BCUT2D eigenvalue weighted by Gasteiger charge is 2.43. The number of fused-ring (bicyclic) bond motifs is 1. The van der Waals surface area contributed by atoms with Crippen LogP contribution in [-0.4, -0.2) is 66.3 Å². The van der Waals surface area contributed by atoms with Crippen molar-refractivity contribution in [3.63, 3.8) is 0 Å². The van der Waals surface area contributed by atoms with Gasteiger partial charge in [-0.25, -0.2) is 4.79 Å². The number of piperazine rings is 2. The number of benzene rings is 2. The minimum atomic E-state index is -0.498. The number of aryl methyl sites for hydroxylation is 2. The van der Waals surface area contributed by atoms with Crippen molar-refractivity contribution in [2.75, 3.05) is 32.7 Å². The molecular formula is C27H37N3O2. The Balaban J connectivity index is 1.73. The Labute approximate surface area is 192 Å². The van der Waals surface area contributed by atoms with Gasteiger partial charge in [-0.05, 0) is 45.7 Å². The summed E-state index contributed by atoms with van der Waals surface area (Å²) in [7, 11) is 0. The summed E-state index contributed by atoms with van der Waals surface area (Å²) in [4.78, 5) is 17.6. The molecule has 0 radical (unpaired) electrons. The maximum absolute atomic E-state index is 13.1. The molecule has 0 aromatic heterocycles. The van der Waals surface area contributed by atoms with Crippen LogP contribution in [0.1, 0.15) is 48.9 Å². The minimum absolute atomic E-state index is 0.182. The molecule has 0 aliphatic carbocycles. The Morgan fingerprint density at radius 1 is 0.969 bits per heavy atom. The quantitative estimate of drug-likeness (QED) is 0.780. The van der Waals surface area contributed by atoms with Gasteiger partial charge in [-0.15, -0.1) is 0 Å². The van der Waals surface area contributed by atoms with E-state index in [-0.39, 0.29) is 24.1 Å². The van der Waals surface area contributed by atoms with Crippen LogP contribution in [0.2, 0.25) is 0 Å². The first-order chi connectivity index (χ1) is 15.2. The van der Waals surface area contributed by atoms with E-state index in [2.05, 4.69) is 72.6 Å². The number of carbonyl (C=O) groups is 1. The van der Waals surface area contributed by atoms with Crippen molar-refractivity contribution < 1.29 is 9.53 Å². The van der Waals surface area contributed by atoms with Gasteiger partial charge in [0, 0.05) is 50.7 Å². The molecule has 1 N–H and O–H groups in total. The van der Waals surface area contributed by atoms with Crippen LogP contribution in [-0.2, 0) is 4.74 Å². The molecule has 2 saturated heterocycles. The van der Waals surface area contributed by atoms with E-state index in [1.165, 1.54) is 22.3 Å². The van der Waals surface area contributed by atoms with Gasteiger partial charge in [0.2, 0.25) is 0 Å². The highest BCUT2D eigenvalue weighted by molar-refractivity contribution is 5.68. The van der Waals surface area contributed by atoms with E-state index in [0.717, 1.165) is 19.6 Å². The molecule has 1 amide bonds. The Morgan fingerprint density at radius 2 is 1.53 bits per heavy atom. The van der Waals surface area contributed by atoms with Gasteiger partial charge in [0.1, 0.15) is 5.60 Å². The molecule has 5 heteroatoms. The number of rotatable bonds is 3. The predicted molar refractivity (Wildman–Crippen MR) is 129 cm³/mol. The largest absolute Gasteiger partial charge is 0.444 e. The van der Waals surface area contributed by atoms with E-state index >= 15 is 0 Å². The van der Waals surface area contributed by atoms with Crippen LogP contribution in [0.25, 0.3) is 0 Å². The third kappa shape index (κ3) is 5.16. The molecule has 0 spiro atoms. The second-order valence-corrected chi connectivity index (χ2v) is 10.3. The first-order valence-electron chi connectivity index (χ1n) is 11.8. The molecule has 0 saturated carbocycles. The normalized spacial score (nSPS) is 22.0. The monoisotopic (exact) mass is 435 g/mol. The Morgan fingerprint density at radius 3 is 2.06 bits per heavy atom. The number of amides is 1. The summed E-state index contributed by atoms with van der Waals surface area (Å²) in [6.07, 6.45) is -0.209. The van der Waals surface area contributed by atoms with Crippen LogP contribution in [0.15, 0.2) is 48.5 Å². The number of nitrogens with one attached hydrogen (secondary N) is 1. The third-order valence-electron chi connectivity index (χ3n) is 6.57. The molecule has 5 nitrogen and oxygen atoms in total. The standard InChI is InChI=1S/C27H37N3O2/c1-19-6-10-21(11-7-19)25(22-12-8-20(2)9-13-22)24-18-29(26(31)32-27(3,4)5)17-23-16-28-14-15-30(23)24/h6-13,23-25,28H,14-18H2,1-5H3/t23-,24-/m0/s1. The predicted octanol–water partition coefficient (Wildman–Crippen LogP) is 4.33. The van der Waals surface area contributed by atoms with Crippen molar-refractivity contribution in [2.24, 2.45) is 0 Å². The highest BCUT2D eigenvalue weighted by atomic mass is 16.6. The molecule has 2 aliphatic rings. The molecule has 2 heterocycles. The summed E-state index contributed by atoms with van der Waals surface area (Å²) in [5.41, 5.74) is 4.62. The van der Waals surface area contributed by atoms with E-state index < -0.39 is 5.60 Å².